The van der Waals surface area contributed by atoms with Crippen molar-refractivity contribution in [2.45, 2.75) is 129 Å². The molecule has 0 bridgehead atoms. The summed E-state index contributed by atoms with van der Waals surface area (Å²) in [5, 5.41) is 0. The van der Waals surface area contributed by atoms with Crippen molar-refractivity contribution < 1.29 is 18.9 Å². The Morgan fingerprint density at radius 1 is 0.429 bits per heavy atom. The zero-order valence-corrected chi connectivity index (χ0v) is 18.9. The Morgan fingerprint density at radius 2 is 0.714 bits per heavy atom. The Kier molecular flexibility index (Phi) is 18.6. The largest absolute Gasteiger partial charge is 0.350 e. The van der Waals surface area contributed by atoms with E-state index in [1.54, 1.807) is 0 Å². The number of hydrogen-bond donors (Lipinski definition) is 0. The molecule has 0 aliphatic carbocycles. The van der Waals surface area contributed by atoms with Crippen molar-refractivity contribution in [2.24, 2.45) is 0 Å². The Morgan fingerprint density at radius 3 is 1.04 bits per heavy atom. The third kappa shape index (κ3) is 15.7. The quantitative estimate of drug-likeness (QED) is 0.261. The summed E-state index contributed by atoms with van der Waals surface area (Å²) in [6, 6.07) is 0. The minimum atomic E-state index is 0.116. The highest BCUT2D eigenvalue weighted by Crippen LogP contribution is 2.15. The molecule has 2 heterocycles. The third-order valence-corrected chi connectivity index (χ3v) is 5.47. The molecule has 2 aliphatic rings. The normalized spacial score (nSPS) is 17.8. The smallest absolute Gasteiger partial charge is 0.157 e. The summed E-state index contributed by atoms with van der Waals surface area (Å²) in [6.07, 6.45) is 21.5. The highest BCUT2D eigenvalue weighted by molar-refractivity contribution is 4.54. The molecule has 0 aromatic rings. The molecular weight excluding hydrogens is 352 g/mol. The molecule has 2 rings (SSSR count). The average molecular weight is 401 g/mol. The van der Waals surface area contributed by atoms with Gasteiger partial charge in [0.1, 0.15) is 0 Å². The Balaban J connectivity index is 0.000000280. The van der Waals surface area contributed by atoms with Crippen LogP contribution in [0.15, 0.2) is 0 Å². The lowest BCUT2D eigenvalue weighted by atomic mass is 10.1. The van der Waals surface area contributed by atoms with Gasteiger partial charge in [0, 0.05) is 0 Å². The second-order valence-corrected chi connectivity index (χ2v) is 8.16. The first-order chi connectivity index (χ1) is 13.9. The lowest BCUT2D eigenvalue weighted by Crippen LogP contribution is -2.06. The number of hydrogen-bond acceptors (Lipinski definition) is 4. The summed E-state index contributed by atoms with van der Waals surface area (Å²) in [5.74, 6) is 0. The van der Waals surface area contributed by atoms with Gasteiger partial charge < -0.3 is 18.9 Å². The molecule has 2 fully saturated rings. The van der Waals surface area contributed by atoms with Gasteiger partial charge in [0.2, 0.25) is 0 Å². The van der Waals surface area contributed by atoms with E-state index < -0.39 is 0 Å². The molecule has 4 heteroatoms. The van der Waals surface area contributed by atoms with Crippen molar-refractivity contribution in [1.82, 2.24) is 0 Å². The van der Waals surface area contributed by atoms with Crippen LogP contribution in [-0.4, -0.2) is 39.0 Å². The van der Waals surface area contributed by atoms with E-state index >= 15 is 0 Å². The maximum atomic E-state index is 5.38. The van der Waals surface area contributed by atoms with Crippen molar-refractivity contribution >= 4 is 0 Å². The molecule has 0 N–H and O–H groups in total. The van der Waals surface area contributed by atoms with Crippen LogP contribution < -0.4 is 0 Å². The molecule has 0 aromatic carbocycles. The van der Waals surface area contributed by atoms with E-state index in [0.29, 0.717) is 0 Å². The first-order valence-corrected chi connectivity index (χ1v) is 12.3. The molecule has 0 spiro atoms. The number of ether oxygens (including phenoxy) is 4. The van der Waals surface area contributed by atoms with E-state index in [0.717, 1.165) is 39.3 Å². The van der Waals surface area contributed by atoms with Gasteiger partial charge in [-0.05, 0) is 25.7 Å². The Labute approximate surface area is 175 Å². The van der Waals surface area contributed by atoms with E-state index in [2.05, 4.69) is 13.8 Å². The highest BCUT2D eigenvalue weighted by Gasteiger charge is 2.15. The van der Waals surface area contributed by atoms with Gasteiger partial charge in [-0.3, -0.25) is 0 Å². The van der Waals surface area contributed by atoms with E-state index in [1.807, 2.05) is 0 Å². The SMILES string of the molecule is CCCCCCCCCC1OCCO1.CCCCCCCCCC1OCCO1. The zero-order valence-electron chi connectivity index (χ0n) is 18.9. The van der Waals surface area contributed by atoms with Crippen LogP contribution in [0.25, 0.3) is 0 Å². The van der Waals surface area contributed by atoms with Crippen molar-refractivity contribution in [3.05, 3.63) is 0 Å². The van der Waals surface area contributed by atoms with Gasteiger partial charge in [-0.15, -0.1) is 0 Å². The average Bonchev–Trinajstić information content (AvgIpc) is 3.41. The minimum Gasteiger partial charge on any atom is -0.350 e. The molecule has 168 valence electrons. The lowest BCUT2D eigenvalue weighted by Gasteiger charge is -2.07. The second-order valence-electron chi connectivity index (χ2n) is 8.16. The molecule has 0 saturated carbocycles. The maximum absolute atomic E-state index is 5.38. The van der Waals surface area contributed by atoms with Crippen LogP contribution in [-0.2, 0) is 18.9 Å². The van der Waals surface area contributed by atoms with Gasteiger partial charge in [-0.2, -0.15) is 0 Å². The Hall–Kier alpha value is -0.160. The van der Waals surface area contributed by atoms with Gasteiger partial charge in [0.15, 0.2) is 12.6 Å². The summed E-state index contributed by atoms with van der Waals surface area (Å²) in [7, 11) is 0. The molecule has 0 unspecified atom stereocenters. The van der Waals surface area contributed by atoms with E-state index in [-0.39, 0.29) is 12.6 Å². The summed E-state index contributed by atoms with van der Waals surface area (Å²) < 4.78 is 21.5. The molecule has 2 saturated heterocycles. The first kappa shape index (κ1) is 25.9. The summed E-state index contributed by atoms with van der Waals surface area (Å²) in [5.41, 5.74) is 0. The molecule has 0 atom stereocenters. The minimum absolute atomic E-state index is 0.116. The molecule has 0 aromatic heterocycles. The summed E-state index contributed by atoms with van der Waals surface area (Å²) in [4.78, 5) is 0. The van der Waals surface area contributed by atoms with Gasteiger partial charge in [-0.1, -0.05) is 90.9 Å². The fourth-order valence-electron chi connectivity index (χ4n) is 3.68. The third-order valence-electron chi connectivity index (χ3n) is 5.47. The topological polar surface area (TPSA) is 36.9 Å². The van der Waals surface area contributed by atoms with Crippen LogP contribution in [0.2, 0.25) is 0 Å². The standard InChI is InChI=1S/2C12H24O2/c2*1-2-3-4-5-6-7-8-9-12-13-10-11-14-12/h2*12H,2-11H2,1H3. The Bertz CT molecular complexity index is 269. The van der Waals surface area contributed by atoms with Gasteiger partial charge in [0.05, 0.1) is 26.4 Å². The van der Waals surface area contributed by atoms with Crippen molar-refractivity contribution in [3.8, 4) is 0 Å². The second kappa shape index (κ2) is 20.1. The first-order valence-electron chi connectivity index (χ1n) is 12.3. The maximum Gasteiger partial charge on any atom is 0.157 e. The van der Waals surface area contributed by atoms with Crippen LogP contribution in [0.4, 0.5) is 0 Å². The van der Waals surface area contributed by atoms with Gasteiger partial charge >= 0.3 is 0 Å². The van der Waals surface area contributed by atoms with Crippen LogP contribution in [0.3, 0.4) is 0 Å². The van der Waals surface area contributed by atoms with Gasteiger partial charge in [-0.25, -0.2) is 0 Å². The van der Waals surface area contributed by atoms with Crippen LogP contribution in [0.5, 0.6) is 0 Å². The van der Waals surface area contributed by atoms with Crippen molar-refractivity contribution in [3.63, 3.8) is 0 Å². The predicted octanol–water partition coefficient (Wildman–Crippen LogP) is 7.00. The molecule has 0 radical (unpaired) electrons. The van der Waals surface area contributed by atoms with Crippen molar-refractivity contribution in [2.75, 3.05) is 26.4 Å². The zero-order chi connectivity index (χ0) is 20.1. The van der Waals surface area contributed by atoms with E-state index in [9.17, 15) is 0 Å². The van der Waals surface area contributed by atoms with Crippen LogP contribution >= 0.6 is 0 Å². The van der Waals surface area contributed by atoms with Crippen molar-refractivity contribution in [1.29, 1.82) is 0 Å². The van der Waals surface area contributed by atoms with Gasteiger partial charge in [0.25, 0.3) is 0 Å². The fraction of sp³-hybridized carbons (Fsp3) is 1.00. The number of rotatable bonds is 16. The molecular formula is C24H48O4. The fourth-order valence-corrected chi connectivity index (χ4v) is 3.68. The molecule has 4 nitrogen and oxygen atoms in total. The molecule has 28 heavy (non-hydrogen) atoms. The summed E-state index contributed by atoms with van der Waals surface area (Å²) in [6.45, 7) is 7.69. The van der Waals surface area contributed by atoms with Crippen LogP contribution in [0, 0.1) is 0 Å². The lowest BCUT2D eigenvalue weighted by molar-refractivity contribution is -0.0482. The molecule has 0 amide bonds. The highest BCUT2D eigenvalue weighted by atomic mass is 16.7. The summed E-state index contributed by atoms with van der Waals surface area (Å²) >= 11 is 0. The predicted molar refractivity (Wildman–Crippen MR) is 117 cm³/mol. The van der Waals surface area contributed by atoms with E-state index in [1.165, 1.54) is 89.9 Å². The molecule has 2 aliphatic heterocycles. The monoisotopic (exact) mass is 400 g/mol. The van der Waals surface area contributed by atoms with E-state index in [4.69, 9.17) is 18.9 Å². The van der Waals surface area contributed by atoms with Crippen LogP contribution in [0.1, 0.15) is 117 Å². The number of unbranched alkanes of at least 4 members (excludes halogenated alkanes) is 12.